The molecule has 2 bridgehead atoms. The molecule has 0 amide bonds. The lowest BCUT2D eigenvalue weighted by Gasteiger charge is -2.58. The highest BCUT2D eigenvalue weighted by molar-refractivity contribution is 5.73. The van der Waals surface area contributed by atoms with E-state index in [0.29, 0.717) is 12.8 Å². The Morgan fingerprint density at radius 1 is 1.14 bits per heavy atom. The fourth-order valence-corrected chi connectivity index (χ4v) is 5.84. The number of carbonyl (C=O) groups is 1. The summed E-state index contributed by atoms with van der Waals surface area (Å²) in [5.74, 6) is -2.82. The van der Waals surface area contributed by atoms with Gasteiger partial charge in [0.15, 0.2) is 0 Å². The van der Waals surface area contributed by atoms with E-state index in [4.69, 9.17) is 9.47 Å². The first kappa shape index (κ1) is 14.8. The monoisotopic (exact) mass is 314 g/mol. The molecule has 0 radical (unpaired) electrons. The van der Waals surface area contributed by atoms with Gasteiger partial charge in [-0.15, -0.1) is 0 Å². The van der Waals surface area contributed by atoms with E-state index in [-0.39, 0.29) is 13.0 Å². The maximum absolute atomic E-state index is 12.2. The quantitative estimate of drug-likeness (QED) is 0.426. The molecule has 0 aromatic rings. The van der Waals surface area contributed by atoms with Crippen molar-refractivity contribution in [3.05, 3.63) is 0 Å². The fraction of sp³-hybridized carbons (Fsp3) is 0.933. The Bertz CT molecular complexity index is 586. The average Bonchev–Trinajstić information content (AvgIpc) is 2.78. The molecule has 1 saturated carbocycles. The Kier molecular flexibility index (Phi) is 2.27. The first-order chi connectivity index (χ1) is 9.92. The number of hydrogen-bond donors (Lipinski definition) is 4. The lowest BCUT2D eigenvalue weighted by Crippen LogP contribution is -2.76. The number of esters is 1. The van der Waals surface area contributed by atoms with Crippen LogP contribution in [0.25, 0.3) is 0 Å². The van der Waals surface area contributed by atoms with Crippen LogP contribution in [0.15, 0.2) is 0 Å². The summed E-state index contributed by atoms with van der Waals surface area (Å²) in [4.78, 5) is 12.2. The van der Waals surface area contributed by atoms with Crippen molar-refractivity contribution in [2.24, 2.45) is 10.8 Å². The predicted octanol–water partition coefficient (Wildman–Crippen LogP) is -0.946. The van der Waals surface area contributed by atoms with E-state index in [9.17, 15) is 25.2 Å². The van der Waals surface area contributed by atoms with Crippen LogP contribution in [-0.4, -0.2) is 61.7 Å². The highest BCUT2D eigenvalue weighted by atomic mass is 16.7. The van der Waals surface area contributed by atoms with Crippen molar-refractivity contribution >= 4 is 5.97 Å². The second kappa shape index (κ2) is 3.37. The molecule has 3 saturated heterocycles. The minimum absolute atomic E-state index is 0.133. The van der Waals surface area contributed by atoms with Crippen molar-refractivity contribution in [3.8, 4) is 0 Å². The van der Waals surface area contributed by atoms with Crippen LogP contribution in [0.4, 0.5) is 0 Å². The van der Waals surface area contributed by atoms with E-state index in [1.165, 1.54) is 6.92 Å². The molecule has 0 aromatic heterocycles. The molecule has 7 nitrogen and oxygen atoms in total. The van der Waals surface area contributed by atoms with Gasteiger partial charge < -0.3 is 29.9 Å². The molecule has 7 atom stereocenters. The van der Waals surface area contributed by atoms with Gasteiger partial charge in [0, 0.05) is 0 Å². The summed E-state index contributed by atoms with van der Waals surface area (Å²) in [5.41, 5.74) is -7.01. The van der Waals surface area contributed by atoms with Crippen molar-refractivity contribution < 1.29 is 34.7 Å². The van der Waals surface area contributed by atoms with Gasteiger partial charge >= 0.3 is 5.97 Å². The highest BCUT2D eigenvalue weighted by Crippen LogP contribution is 2.79. The average molecular weight is 314 g/mol. The summed E-state index contributed by atoms with van der Waals surface area (Å²) in [7, 11) is 0. The highest BCUT2D eigenvalue weighted by Gasteiger charge is 2.95. The number of aliphatic hydroxyl groups is 4. The van der Waals surface area contributed by atoms with E-state index >= 15 is 0 Å². The first-order valence-electron chi connectivity index (χ1n) is 7.63. The van der Waals surface area contributed by atoms with Gasteiger partial charge in [0.1, 0.15) is 18.3 Å². The Labute approximate surface area is 127 Å². The normalized spacial score (nSPS) is 66.1. The summed E-state index contributed by atoms with van der Waals surface area (Å²) in [6.07, 6.45) is -1.22. The van der Waals surface area contributed by atoms with Crippen LogP contribution in [0, 0.1) is 10.8 Å². The van der Waals surface area contributed by atoms with Crippen LogP contribution in [0.2, 0.25) is 0 Å². The molecule has 1 aliphatic carbocycles. The van der Waals surface area contributed by atoms with Gasteiger partial charge in [0.2, 0.25) is 5.79 Å². The molecular weight excluding hydrogens is 292 g/mol. The maximum Gasteiger partial charge on any atom is 0.306 e. The number of aliphatic hydroxyl groups excluding tert-OH is 1. The van der Waals surface area contributed by atoms with Gasteiger partial charge in [-0.05, 0) is 26.7 Å². The summed E-state index contributed by atoms with van der Waals surface area (Å²) in [5, 5.41) is 43.8. The zero-order valence-electron chi connectivity index (χ0n) is 12.9. The minimum Gasteiger partial charge on any atom is -0.465 e. The topological polar surface area (TPSA) is 116 Å². The molecule has 1 spiro atoms. The number of fused-ring (bicyclic) bond motifs is 1. The van der Waals surface area contributed by atoms with Gasteiger partial charge in [0.25, 0.3) is 0 Å². The van der Waals surface area contributed by atoms with Gasteiger partial charge in [-0.2, -0.15) is 0 Å². The second-order valence-electron chi connectivity index (χ2n) is 8.02. The number of cyclic esters (lactones) is 1. The molecule has 4 aliphatic rings. The third kappa shape index (κ3) is 0.998. The Hall–Kier alpha value is -0.730. The standard InChI is InChI=1S/C15H22O7/c1-10-7-21-8(16)6-13-9(17)15(20,12(10,3)19)22-14(10,13)5-4-11(13,2)18/h9,17-20H,4-7H2,1-3H3/t9-,10-,11-,12+,13-,14-,15-/m0/s1. The van der Waals surface area contributed by atoms with E-state index < -0.39 is 45.5 Å². The number of carbonyl (C=O) groups excluding carboxylic acids is 1. The van der Waals surface area contributed by atoms with E-state index in [2.05, 4.69) is 0 Å². The third-order valence-corrected chi connectivity index (χ3v) is 7.42. The van der Waals surface area contributed by atoms with Gasteiger partial charge in [0.05, 0.1) is 28.5 Å². The molecule has 124 valence electrons. The van der Waals surface area contributed by atoms with Crippen molar-refractivity contribution in [2.75, 3.05) is 6.61 Å². The van der Waals surface area contributed by atoms with Crippen LogP contribution >= 0.6 is 0 Å². The van der Waals surface area contributed by atoms with Gasteiger partial charge in [-0.3, -0.25) is 4.79 Å². The molecule has 3 aliphatic heterocycles. The van der Waals surface area contributed by atoms with Crippen molar-refractivity contribution in [1.29, 1.82) is 0 Å². The Morgan fingerprint density at radius 3 is 2.41 bits per heavy atom. The lowest BCUT2D eigenvalue weighted by molar-refractivity contribution is -0.303. The maximum atomic E-state index is 12.2. The third-order valence-electron chi connectivity index (χ3n) is 7.42. The fourth-order valence-electron chi connectivity index (χ4n) is 5.84. The van der Waals surface area contributed by atoms with Crippen molar-refractivity contribution in [3.63, 3.8) is 0 Å². The molecule has 4 rings (SSSR count). The summed E-state index contributed by atoms with van der Waals surface area (Å²) in [6, 6.07) is 0. The molecule has 22 heavy (non-hydrogen) atoms. The molecule has 4 N–H and O–H groups in total. The number of ether oxygens (including phenoxy) is 2. The van der Waals surface area contributed by atoms with Crippen LogP contribution in [-0.2, 0) is 14.3 Å². The first-order valence-corrected chi connectivity index (χ1v) is 7.63. The molecule has 3 heterocycles. The number of hydrogen-bond acceptors (Lipinski definition) is 7. The Morgan fingerprint density at radius 2 is 1.77 bits per heavy atom. The zero-order chi connectivity index (χ0) is 16.4. The lowest BCUT2D eigenvalue weighted by atomic mass is 9.46. The van der Waals surface area contributed by atoms with Crippen LogP contribution in [0.1, 0.15) is 40.0 Å². The molecular formula is C15H22O7. The van der Waals surface area contributed by atoms with Crippen LogP contribution in [0.5, 0.6) is 0 Å². The van der Waals surface area contributed by atoms with Crippen molar-refractivity contribution in [2.45, 2.75) is 68.7 Å². The summed E-state index contributed by atoms with van der Waals surface area (Å²) >= 11 is 0. The zero-order valence-corrected chi connectivity index (χ0v) is 12.9. The SMILES string of the molecule is C[C@@]1(O)[C@]2(C)COC(=O)C[C@@]34[C@H](O)[C@]1(O)O[C@@]23CC[C@]4(C)O. The number of rotatable bonds is 0. The summed E-state index contributed by atoms with van der Waals surface area (Å²) in [6.45, 7) is 4.49. The molecule has 0 aromatic carbocycles. The minimum atomic E-state index is -2.25. The van der Waals surface area contributed by atoms with Gasteiger partial charge in [-0.25, -0.2) is 0 Å². The van der Waals surface area contributed by atoms with E-state index in [1.54, 1.807) is 13.8 Å². The molecule has 0 unspecified atom stereocenters. The Balaban J connectivity index is 2.09. The summed E-state index contributed by atoms with van der Waals surface area (Å²) < 4.78 is 11.1. The van der Waals surface area contributed by atoms with E-state index in [0.717, 1.165) is 0 Å². The second-order valence-corrected chi connectivity index (χ2v) is 8.02. The largest absolute Gasteiger partial charge is 0.465 e. The van der Waals surface area contributed by atoms with Gasteiger partial charge in [-0.1, -0.05) is 6.92 Å². The van der Waals surface area contributed by atoms with Crippen LogP contribution in [0.3, 0.4) is 0 Å². The van der Waals surface area contributed by atoms with Crippen LogP contribution < -0.4 is 0 Å². The molecule has 4 fully saturated rings. The van der Waals surface area contributed by atoms with E-state index in [1.807, 2.05) is 0 Å². The smallest absolute Gasteiger partial charge is 0.306 e. The molecule has 7 heteroatoms. The predicted molar refractivity (Wildman–Crippen MR) is 71.4 cm³/mol. The van der Waals surface area contributed by atoms with Crippen molar-refractivity contribution in [1.82, 2.24) is 0 Å².